The largest absolute Gasteiger partial charge is 0.395 e. The van der Waals surface area contributed by atoms with E-state index >= 15 is 0 Å². The van der Waals surface area contributed by atoms with E-state index in [1.165, 1.54) is 0 Å². The maximum Gasteiger partial charge on any atom is 0.270 e. The maximum atomic E-state index is 12.6. The van der Waals surface area contributed by atoms with Crippen molar-refractivity contribution in [2.45, 2.75) is 20.3 Å². The summed E-state index contributed by atoms with van der Waals surface area (Å²) in [4.78, 5) is 18.7. The van der Waals surface area contributed by atoms with Gasteiger partial charge in [0, 0.05) is 37.3 Å². The Morgan fingerprint density at radius 2 is 2.24 bits per heavy atom. The lowest BCUT2D eigenvalue weighted by atomic mass is 10.2. The molecule has 0 aliphatic rings. The van der Waals surface area contributed by atoms with E-state index < -0.39 is 0 Å². The van der Waals surface area contributed by atoms with Gasteiger partial charge in [0.2, 0.25) is 0 Å². The second kappa shape index (κ2) is 6.87. The van der Waals surface area contributed by atoms with E-state index in [0.717, 1.165) is 22.7 Å². The molecule has 0 fully saturated rings. The molecule has 0 unspecified atom stereocenters. The monoisotopic (exact) mass is 307 g/mol. The second-order valence-corrected chi connectivity index (χ2v) is 6.05. The first-order chi connectivity index (χ1) is 10.1. The number of hydrogen-bond acceptors (Lipinski definition) is 4. The van der Waals surface area contributed by atoms with E-state index in [2.05, 4.69) is 4.98 Å². The average Bonchev–Trinajstić information content (AvgIpc) is 3.04. The smallest absolute Gasteiger partial charge is 0.270 e. The minimum atomic E-state index is -0.0494. The molecule has 0 atom stereocenters. The molecule has 0 radical (unpaired) electrons. The van der Waals surface area contributed by atoms with Gasteiger partial charge in [-0.2, -0.15) is 0 Å². The van der Waals surface area contributed by atoms with Crippen LogP contribution in [0.5, 0.6) is 0 Å². The Morgan fingerprint density at radius 1 is 1.48 bits per heavy atom. The van der Waals surface area contributed by atoms with Crippen LogP contribution in [0.1, 0.15) is 28.8 Å². The highest BCUT2D eigenvalue weighted by atomic mass is 32.1. The van der Waals surface area contributed by atoms with Crippen molar-refractivity contribution in [3.05, 3.63) is 28.3 Å². The van der Waals surface area contributed by atoms with E-state index in [1.807, 2.05) is 43.1 Å². The SMILES string of the molecule is CCCN(CCO)C(=O)c1cc(-c2csc(C)n2)cn1C. The number of carbonyl (C=O) groups excluding carboxylic acids is 1. The molecular weight excluding hydrogens is 286 g/mol. The van der Waals surface area contributed by atoms with Gasteiger partial charge in [-0.05, 0) is 19.4 Å². The summed E-state index contributed by atoms with van der Waals surface area (Å²) in [5.41, 5.74) is 2.47. The van der Waals surface area contributed by atoms with Gasteiger partial charge in [0.1, 0.15) is 5.69 Å². The van der Waals surface area contributed by atoms with Crippen molar-refractivity contribution in [2.75, 3.05) is 19.7 Å². The normalized spacial score (nSPS) is 10.9. The summed E-state index contributed by atoms with van der Waals surface area (Å²) in [7, 11) is 1.86. The number of aryl methyl sites for hydroxylation is 2. The van der Waals surface area contributed by atoms with Gasteiger partial charge in [0.15, 0.2) is 0 Å². The number of nitrogens with zero attached hydrogens (tertiary/aromatic N) is 3. The molecule has 2 aromatic rings. The Labute approximate surface area is 128 Å². The van der Waals surface area contributed by atoms with E-state index in [4.69, 9.17) is 5.11 Å². The molecule has 2 rings (SSSR count). The van der Waals surface area contributed by atoms with Crippen LogP contribution in [0.15, 0.2) is 17.6 Å². The Hall–Kier alpha value is -1.66. The number of aliphatic hydroxyl groups excluding tert-OH is 1. The molecule has 0 saturated carbocycles. The predicted octanol–water partition coefficient (Wildman–Crippen LogP) is 2.30. The Kier molecular flexibility index (Phi) is 5.14. The van der Waals surface area contributed by atoms with Gasteiger partial charge in [0.25, 0.3) is 5.91 Å². The maximum absolute atomic E-state index is 12.6. The zero-order chi connectivity index (χ0) is 15.4. The van der Waals surface area contributed by atoms with Gasteiger partial charge in [-0.1, -0.05) is 6.92 Å². The third kappa shape index (κ3) is 3.51. The topological polar surface area (TPSA) is 58.4 Å². The molecule has 0 aromatic carbocycles. The molecule has 114 valence electrons. The Balaban J connectivity index is 2.27. The first-order valence-corrected chi connectivity index (χ1v) is 7.93. The minimum absolute atomic E-state index is 0.0195. The number of rotatable bonds is 6. The third-order valence-electron chi connectivity index (χ3n) is 3.29. The van der Waals surface area contributed by atoms with Crippen molar-refractivity contribution in [1.82, 2.24) is 14.5 Å². The fraction of sp³-hybridized carbons (Fsp3) is 0.467. The number of hydrogen-bond donors (Lipinski definition) is 1. The highest BCUT2D eigenvalue weighted by Crippen LogP contribution is 2.24. The number of carbonyl (C=O) groups is 1. The van der Waals surface area contributed by atoms with E-state index in [0.29, 0.717) is 18.8 Å². The molecule has 1 amide bonds. The van der Waals surface area contributed by atoms with Gasteiger partial charge in [-0.15, -0.1) is 11.3 Å². The number of aromatic nitrogens is 2. The van der Waals surface area contributed by atoms with Crippen molar-refractivity contribution < 1.29 is 9.90 Å². The zero-order valence-electron chi connectivity index (χ0n) is 12.7. The zero-order valence-corrected chi connectivity index (χ0v) is 13.5. The van der Waals surface area contributed by atoms with E-state index in [-0.39, 0.29) is 12.5 Å². The number of amides is 1. The van der Waals surface area contributed by atoms with Crippen molar-refractivity contribution in [3.8, 4) is 11.3 Å². The average molecular weight is 307 g/mol. The lowest BCUT2D eigenvalue weighted by Crippen LogP contribution is -2.35. The van der Waals surface area contributed by atoms with Crippen LogP contribution in [0.2, 0.25) is 0 Å². The van der Waals surface area contributed by atoms with E-state index in [9.17, 15) is 4.79 Å². The Morgan fingerprint density at radius 3 is 2.81 bits per heavy atom. The lowest BCUT2D eigenvalue weighted by Gasteiger charge is -2.21. The van der Waals surface area contributed by atoms with Crippen LogP contribution < -0.4 is 0 Å². The van der Waals surface area contributed by atoms with Crippen LogP contribution in [0.4, 0.5) is 0 Å². The van der Waals surface area contributed by atoms with Crippen molar-refractivity contribution in [1.29, 1.82) is 0 Å². The summed E-state index contributed by atoms with van der Waals surface area (Å²) in [5.74, 6) is -0.0494. The van der Waals surface area contributed by atoms with Gasteiger partial charge in [0.05, 0.1) is 17.3 Å². The van der Waals surface area contributed by atoms with Gasteiger partial charge in [-0.3, -0.25) is 4.79 Å². The number of aliphatic hydroxyl groups is 1. The van der Waals surface area contributed by atoms with Crippen LogP contribution in [-0.4, -0.2) is 45.2 Å². The van der Waals surface area contributed by atoms with Crippen molar-refractivity contribution >= 4 is 17.2 Å². The molecular formula is C15H21N3O2S. The lowest BCUT2D eigenvalue weighted by molar-refractivity contribution is 0.0712. The van der Waals surface area contributed by atoms with E-state index in [1.54, 1.807) is 16.2 Å². The van der Waals surface area contributed by atoms with Crippen LogP contribution in [-0.2, 0) is 7.05 Å². The quantitative estimate of drug-likeness (QED) is 0.891. The molecule has 2 heterocycles. The Bertz CT molecular complexity index is 612. The molecule has 0 bridgehead atoms. The summed E-state index contributed by atoms with van der Waals surface area (Å²) in [5, 5.41) is 12.1. The summed E-state index contributed by atoms with van der Waals surface area (Å²) < 4.78 is 1.83. The van der Waals surface area contributed by atoms with Crippen LogP contribution >= 0.6 is 11.3 Å². The van der Waals surface area contributed by atoms with Crippen molar-refractivity contribution in [2.24, 2.45) is 7.05 Å². The standard InChI is InChI=1S/C15H21N3O2S/c1-4-5-18(6-7-19)15(20)14-8-12(9-17(14)3)13-10-21-11(2)16-13/h8-10,19H,4-7H2,1-3H3. The summed E-state index contributed by atoms with van der Waals surface area (Å²) >= 11 is 1.60. The number of thiazole rings is 1. The highest BCUT2D eigenvalue weighted by Gasteiger charge is 2.19. The molecule has 6 heteroatoms. The van der Waals surface area contributed by atoms with Crippen LogP contribution in [0.3, 0.4) is 0 Å². The second-order valence-electron chi connectivity index (χ2n) is 4.99. The molecule has 5 nitrogen and oxygen atoms in total. The molecule has 0 aliphatic carbocycles. The summed E-state index contributed by atoms with van der Waals surface area (Å²) in [6.07, 6.45) is 2.79. The van der Waals surface area contributed by atoms with Crippen LogP contribution in [0.25, 0.3) is 11.3 Å². The molecule has 0 aliphatic heterocycles. The first kappa shape index (κ1) is 15.7. The molecule has 0 saturated heterocycles. The van der Waals surface area contributed by atoms with Gasteiger partial charge >= 0.3 is 0 Å². The summed E-state index contributed by atoms with van der Waals surface area (Å²) in [6, 6.07) is 1.87. The third-order valence-corrected chi connectivity index (χ3v) is 4.06. The predicted molar refractivity (Wildman–Crippen MR) is 84.5 cm³/mol. The van der Waals surface area contributed by atoms with Crippen molar-refractivity contribution in [3.63, 3.8) is 0 Å². The molecule has 2 aromatic heterocycles. The van der Waals surface area contributed by atoms with Crippen LogP contribution in [0, 0.1) is 6.92 Å². The summed E-state index contributed by atoms with van der Waals surface area (Å²) in [6.45, 7) is 4.98. The fourth-order valence-corrected chi connectivity index (χ4v) is 2.90. The van der Waals surface area contributed by atoms with Gasteiger partial charge < -0.3 is 14.6 Å². The van der Waals surface area contributed by atoms with Gasteiger partial charge in [-0.25, -0.2) is 4.98 Å². The molecule has 1 N–H and O–H groups in total. The fourth-order valence-electron chi connectivity index (χ4n) is 2.28. The minimum Gasteiger partial charge on any atom is -0.395 e. The molecule has 21 heavy (non-hydrogen) atoms. The molecule has 0 spiro atoms. The highest BCUT2D eigenvalue weighted by molar-refractivity contribution is 7.09. The first-order valence-electron chi connectivity index (χ1n) is 7.05.